The van der Waals surface area contributed by atoms with Crippen molar-refractivity contribution in [2.45, 2.75) is 78.1 Å². The SMILES string of the molecule is CCCC/C=N\CCCCCCCCC. The maximum atomic E-state index is 4.42. The Morgan fingerprint density at radius 2 is 1.33 bits per heavy atom. The predicted molar refractivity (Wildman–Crippen MR) is 70.9 cm³/mol. The highest BCUT2D eigenvalue weighted by molar-refractivity contribution is 5.56. The van der Waals surface area contributed by atoms with Crippen molar-refractivity contribution in [3.8, 4) is 0 Å². The van der Waals surface area contributed by atoms with Crippen LogP contribution in [0.25, 0.3) is 0 Å². The van der Waals surface area contributed by atoms with E-state index >= 15 is 0 Å². The van der Waals surface area contributed by atoms with Gasteiger partial charge in [-0.2, -0.15) is 0 Å². The second-order valence-corrected chi connectivity index (χ2v) is 4.35. The molecule has 90 valence electrons. The van der Waals surface area contributed by atoms with Crippen molar-refractivity contribution in [3.05, 3.63) is 0 Å². The van der Waals surface area contributed by atoms with Gasteiger partial charge in [-0.15, -0.1) is 0 Å². The lowest BCUT2D eigenvalue weighted by Crippen LogP contribution is -1.85. The van der Waals surface area contributed by atoms with Crippen molar-refractivity contribution in [3.63, 3.8) is 0 Å². The first-order valence-electron chi connectivity index (χ1n) is 6.90. The molecule has 0 aliphatic heterocycles. The Morgan fingerprint density at radius 1 is 0.733 bits per heavy atom. The van der Waals surface area contributed by atoms with E-state index < -0.39 is 0 Å². The van der Waals surface area contributed by atoms with Crippen LogP contribution in [0.5, 0.6) is 0 Å². The van der Waals surface area contributed by atoms with E-state index in [9.17, 15) is 0 Å². The minimum absolute atomic E-state index is 1.05. The molecule has 0 saturated carbocycles. The zero-order valence-corrected chi connectivity index (χ0v) is 10.8. The summed E-state index contributed by atoms with van der Waals surface area (Å²) in [5.41, 5.74) is 0. The maximum Gasteiger partial charge on any atom is 0.0385 e. The molecule has 1 heteroatoms. The van der Waals surface area contributed by atoms with Crippen LogP contribution in [0.3, 0.4) is 0 Å². The van der Waals surface area contributed by atoms with Gasteiger partial charge in [0.15, 0.2) is 0 Å². The predicted octanol–water partition coefficient (Wildman–Crippen LogP) is 5.00. The molecule has 0 unspecified atom stereocenters. The van der Waals surface area contributed by atoms with Crippen LogP contribution < -0.4 is 0 Å². The highest BCUT2D eigenvalue weighted by atomic mass is 14.7. The lowest BCUT2D eigenvalue weighted by molar-refractivity contribution is 0.593. The van der Waals surface area contributed by atoms with Crippen LogP contribution in [-0.4, -0.2) is 12.8 Å². The van der Waals surface area contributed by atoms with Crippen molar-refractivity contribution in [1.82, 2.24) is 0 Å². The number of aliphatic imine (C=N–C) groups is 1. The Hall–Kier alpha value is -0.330. The molecular weight excluding hydrogens is 182 g/mol. The average molecular weight is 211 g/mol. The summed E-state index contributed by atoms with van der Waals surface area (Å²) >= 11 is 0. The molecule has 0 saturated heterocycles. The fourth-order valence-corrected chi connectivity index (χ4v) is 1.64. The molecule has 0 aromatic rings. The molecule has 0 aliphatic carbocycles. The van der Waals surface area contributed by atoms with E-state index in [1.54, 1.807) is 0 Å². The van der Waals surface area contributed by atoms with E-state index in [0.29, 0.717) is 0 Å². The molecular formula is C14H29N. The van der Waals surface area contributed by atoms with E-state index in [1.807, 2.05) is 0 Å². The van der Waals surface area contributed by atoms with Crippen LogP contribution in [0, 0.1) is 0 Å². The first kappa shape index (κ1) is 14.7. The molecule has 15 heavy (non-hydrogen) atoms. The van der Waals surface area contributed by atoms with Crippen molar-refractivity contribution in [2.24, 2.45) is 4.99 Å². The van der Waals surface area contributed by atoms with Gasteiger partial charge in [0, 0.05) is 6.54 Å². The summed E-state index contributed by atoms with van der Waals surface area (Å²) in [5, 5.41) is 0. The number of unbranched alkanes of at least 4 members (excludes halogenated alkanes) is 8. The topological polar surface area (TPSA) is 12.4 Å². The van der Waals surface area contributed by atoms with Gasteiger partial charge in [0.25, 0.3) is 0 Å². The highest BCUT2D eigenvalue weighted by Crippen LogP contribution is 2.06. The van der Waals surface area contributed by atoms with Gasteiger partial charge >= 0.3 is 0 Å². The van der Waals surface area contributed by atoms with E-state index in [-0.39, 0.29) is 0 Å². The summed E-state index contributed by atoms with van der Waals surface area (Å²) in [6, 6.07) is 0. The molecule has 0 fully saturated rings. The third-order valence-corrected chi connectivity index (χ3v) is 2.71. The quantitative estimate of drug-likeness (QED) is 0.337. The minimum atomic E-state index is 1.05. The van der Waals surface area contributed by atoms with Gasteiger partial charge < -0.3 is 0 Å². The van der Waals surface area contributed by atoms with Gasteiger partial charge in [-0.25, -0.2) is 0 Å². The Labute approximate surface area is 96.4 Å². The lowest BCUT2D eigenvalue weighted by atomic mass is 10.1. The zero-order valence-electron chi connectivity index (χ0n) is 10.8. The Balaban J connectivity index is 2.95. The zero-order chi connectivity index (χ0) is 11.2. The van der Waals surface area contributed by atoms with E-state index in [2.05, 4.69) is 25.1 Å². The average Bonchev–Trinajstić information content (AvgIpc) is 2.26. The van der Waals surface area contributed by atoms with Crippen molar-refractivity contribution in [1.29, 1.82) is 0 Å². The lowest BCUT2D eigenvalue weighted by Gasteiger charge is -1.98. The summed E-state index contributed by atoms with van der Waals surface area (Å²) in [6.07, 6.45) is 15.5. The molecule has 0 aromatic carbocycles. The molecule has 0 bridgehead atoms. The molecule has 0 heterocycles. The van der Waals surface area contributed by atoms with E-state index in [1.165, 1.54) is 64.2 Å². The van der Waals surface area contributed by atoms with Crippen LogP contribution >= 0.6 is 0 Å². The summed E-state index contributed by atoms with van der Waals surface area (Å²) in [4.78, 5) is 4.42. The van der Waals surface area contributed by atoms with Crippen LogP contribution in [0.15, 0.2) is 4.99 Å². The second kappa shape index (κ2) is 13.7. The normalized spacial score (nSPS) is 11.3. The van der Waals surface area contributed by atoms with E-state index in [0.717, 1.165) is 6.54 Å². The van der Waals surface area contributed by atoms with Gasteiger partial charge in [-0.05, 0) is 25.5 Å². The van der Waals surface area contributed by atoms with Gasteiger partial charge in [0.2, 0.25) is 0 Å². The molecule has 0 aromatic heterocycles. The smallest absolute Gasteiger partial charge is 0.0385 e. The number of rotatable bonds is 11. The fourth-order valence-electron chi connectivity index (χ4n) is 1.64. The van der Waals surface area contributed by atoms with Crippen molar-refractivity contribution in [2.75, 3.05) is 6.54 Å². The highest BCUT2D eigenvalue weighted by Gasteiger charge is 1.89. The summed E-state index contributed by atoms with van der Waals surface area (Å²) in [5.74, 6) is 0. The molecule has 0 rings (SSSR count). The van der Waals surface area contributed by atoms with Crippen molar-refractivity contribution < 1.29 is 0 Å². The first-order chi connectivity index (χ1) is 7.41. The third-order valence-electron chi connectivity index (χ3n) is 2.71. The second-order valence-electron chi connectivity index (χ2n) is 4.35. The van der Waals surface area contributed by atoms with Crippen LogP contribution in [0.1, 0.15) is 78.1 Å². The Morgan fingerprint density at radius 3 is 2.00 bits per heavy atom. The van der Waals surface area contributed by atoms with Crippen LogP contribution in [0.2, 0.25) is 0 Å². The monoisotopic (exact) mass is 211 g/mol. The van der Waals surface area contributed by atoms with E-state index in [4.69, 9.17) is 0 Å². The van der Waals surface area contributed by atoms with Gasteiger partial charge in [-0.3, -0.25) is 4.99 Å². The molecule has 0 aliphatic rings. The Kier molecular flexibility index (Phi) is 13.4. The number of hydrogen-bond acceptors (Lipinski definition) is 1. The standard InChI is InChI=1S/C14H29N/c1-3-5-7-8-9-10-12-14-15-13-11-6-4-2/h13H,3-12,14H2,1-2H3/b15-13-. The van der Waals surface area contributed by atoms with Crippen molar-refractivity contribution >= 4 is 6.21 Å². The largest absolute Gasteiger partial charge is 0.298 e. The molecule has 0 radical (unpaired) electrons. The first-order valence-corrected chi connectivity index (χ1v) is 6.90. The van der Waals surface area contributed by atoms with Crippen LogP contribution in [0.4, 0.5) is 0 Å². The molecule has 0 N–H and O–H groups in total. The third kappa shape index (κ3) is 13.7. The fraction of sp³-hybridized carbons (Fsp3) is 0.929. The molecule has 0 atom stereocenters. The maximum absolute atomic E-state index is 4.42. The van der Waals surface area contributed by atoms with Gasteiger partial charge in [0.1, 0.15) is 0 Å². The Bertz CT molecular complexity index is 129. The molecule has 1 nitrogen and oxygen atoms in total. The summed E-state index contributed by atoms with van der Waals surface area (Å²) < 4.78 is 0. The van der Waals surface area contributed by atoms with Crippen LogP contribution in [-0.2, 0) is 0 Å². The molecule has 0 amide bonds. The minimum Gasteiger partial charge on any atom is -0.298 e. The number of hydrogen-bond donors (Lipinski definition) is 0. The van der Waals surface area contributed by atoms with Gasteiger partial charge in [-0.1, -0.05) is 58.8 Å². The summed E-state index contributed by atoms with van der Waals surface area (Å²) in [6.45, 7) is 5.55. The molecule has 0 spiro atoms. The number of nitrogens with zero attached hydrogens (tertiary/aromatic N) is 1. The van der Waals surface area contributed by atoms with Gasteiger partial charge in [0.05, 0.1) is 0 Å². The summed E-state index contributed by atoms with van der Waals surface area (Å²) in [7, 11) is 0.